The predicted octanol–water partition coefficient (Wildman–Crippen LogP) is 2.49. The number of benzene rings is 1. The molecule has 0 bridgehead atoms. The summed E-state index contributed by atoms with van der Waals surface area (Å²) in [5, 5.41) is 6.51. The second-order valence-electron chi connectivity index (χ2n) is 4.70. The van der Waals surface area contributed by atoms with Gasteiger partial charge in [-0.25, -0.2) is 0 Å². The summed E-state index contributed by atoms with van der Waals surface area (Å²) in [6, 6.07) is 14.1. The van der Waals surface area contributed by atoms with Gasteiger partial charge in [0.2, 0.25) is 0 Å². The Labute approximate surface area is 154 Å². The number of hydrogen-bond donors (Lipinski definition) is 2. The molecule has 1 aromatic carbocycles. The molecule has 23 heavy (non-hydrogen) atoms. The largest absolute Gasteiger partial charge is 0.490 e. The van der Waals surface area contributed by atoms with Crippen LogP contribution >= 0.6 is 24.0 Å². The van der Waals surface area contributed by atoms with Crippen molar-refractivity contribution in [2.45, 2.75) is 6.42 Å². The number of hydrogen-bond acceptors (Lipinski definition) is 3. The van der Waals surface area contributed by atoms with E-state index in [4.69, 9.17) is 4.74 Å². The molecule has 6 heteroatoms. The van der Waals surface area contributed by atoms with Gasteiger partial charge in [-0.3, -0.25) is 9.98 Å². The molecule has 0 amide bonds. The second kappa shape index (κ2) is 11.7. The summed E-state index contributed by atoms with van der Waals surface area (Å²) in [6.07, 6.45) is 4.39. The molecule has 0 unspecified atom stereocenters. The molecule has 5 nitrogen and oxygen atoms in total. The Balaban J connectivity index is 0.00000264. The van der Waals surface area contributed by atoms with E-state index in [9.17, 15) is 0 Å². The molecule has 2 N–H and O–H groups in total. The summed E-state index contributed by atoms with van der Waals surface area (Å²) >= 11 is 0. The average Bonchev–Trinajstić information content (AvgIpc) is 2.59. The van der Waals surface area contributed by atoms with Crippen LogP contribution in [-0.4, -0.2) is 37.7 Å². The monoisotopic (exact) mass is 426 g/mol. The third-order valence-electron chi connectivity index (χ3n) is 3.07. The fraction of sp³-hybridized carbons (Fsp3) is 0.294. The molecular formula is C17H23IN4O. The van der Waals surface area contributed by atoms with E-state index in [2.05, 4.69) is 44.9 Å². The number of aromatic nitrogens is 1. The molecule has 0 radical (unpaired) electrons. The lowest BCUT2D eigenvalue weighted by atomic mass is 10.1. The third-order valence-corrected chi connectivity index (χ3v) is 3.07. The number of pyridine rings is 1. The van der Waals surface area contributed by atoms with Gasteiger partial charge in [0.1, 0.15) is 12.4 Å². The van der Waals surface area contributed by atoms with Crippen molar-refractivity contribution in [3.8, 4) is 5.75 Å². The first-order chi connectivity index (χ1) is 10.9. The number of guanidine groups is 1. The summed E-state index contributed by atoms with van der Waals surface area (Å²) in [6.45, 7) is 2.08. The van der Waals surface area contributed by atoms with Crippen LogP contribution in [0.4, 0.5) is 0 Å². The highest BCUT2D eigenvalue weighted by atomic mass is 127. The van der Waals surface area contributed by atoms with Crippen LogP contribution in [0.25, 0.3) is 0 Å². The third kappa shape index (κ3) is 7.83. The lowest BCUT2D eigenvalue weighted by Crippen LogP contribution is -2.40. The highest BCUT2D eigenvalue weighted by Gasteiger charge is 1.98. The maximum atomic E-state index is 5.57. The highest BCUT2D eigenvalue weighted by Crippen LogP contribution is 2.04. The minimum Gasteiger partial charge on any atom is -0.490 e. The first-order valence-corrected chi connectivity index (χ1v) is 7.40. The zero-order chi connectivity index (χ0) is 15.5. The van der Waals surface area contributed by atoms with Gasteiger partial charge in [-0.1, -0.05) is 30.3 Å². The molecule has 0 saturated heterocycles. The Morgan fingerprint density at radius 1 is 1.09 bits per heavy atom. The van der Waals surface area contributed by atoms with E-state index in [0.717, 1.165) is 24.7 Å². The molecule has 1 aromatic heterocycles. The molecule has 0 fully saturated rings. The first-order valence-electron chi connectivity index (χ1n) is 7.40. The second-order valence-corrected chi connectivity index (χ2v) is 4.70. The fourth-order valence-electron chi connectivity index (χ4n) is 1.96. The van der Waals surface area contributed by atoms with E-state index in [1.54, 1.807) is 19.4 Å². The van der Waals surface area contributed by atoms with Crippen molar-refractivity contribution in [3.63, 3.8) is 0 Å². The van der Waals surface area contributed by atoms with E-state index in [1.807, 2.05) is 18.2 Å². The smallest absolute Gasteiger partial charge is 0.191 e. The summed E-state index contributed by atoms with van der Waals surface area (Å²) in [7, 11) is 1.76. The van der Waals surface area contributed by atoms with Gasteiger partial charge in [-0.15, -0.1) is 24.0 Å². The summed E-state index contributed by atoms with van der Waals surface area (Å²) in [4.78, 5) is 8.19. The van der Waals surface area contributed by atoms with Crippen LogP contribution in [0, 0.1) is 0 Å². The van der Waals surface area contributed by atoms with Crippen LogP contribution in [0.2, 0.25) is 0 Å². The van der Waals surface area contributed by atoms with Crippen LogP contribution in [0.3, 0.4) is 0 Å². The Hall–Kier alpha value is -1.83. The van der Waals surface area contributed by atoms with Crippen molar-refractivity contribution >= 4 is 29.9 Å². The molecular weight excluding hydrogens is 403 g/mol. The Bertz CT molecular complexity index is 563. The van der Waals surface area contributed by atoms with E-state index < -0.39 is 0 Å². The summed E-state index contributed by atoms with van der Waals surface area (Å²) < 4.78 is 5.57. The van der Waals surface area contributed by atoms with Gasteiger partial charge >= 0.3 is 0 Å². The van der Waals surface area contributed by atoms with Crippen molar-refractivity contribution in [2.75, 3.05) is 26.7 Å². The molecule has 0 spiro atoms. The Kier molecular flexibility index (Phi) is 9.78. The standard InChI is InChI=1S/C17H22N4O.HI/c1-18-17(20-11-9-15-6-3-2-4-7-15)21-12-13-22-16-8-5-10-19-14-16;/h2-8,10,14H,9,11-13H2,1H3,(H2,18,20,21);1H. The van der Waals surface area contributed by atoms with Crippen molar-refractivity contribution in [2.24, 2.45) is 4.99 Å². The van der Waals surface area contributed by atoms with E-state index in [0.29, 0.717) is 13.2 Å². The van der Waals surface area contributed by atoms with Gasteiger partial charge in [0.15, 0.2) is 5.96 Å². The van der Waals surface area contributed by atoms with Gasteiger partial charge in [-0.05, 0) is 24.1 Å². The molecule has 2 aromatic rings. The Morgan fingerprint density at radius 3 is 2.57 bits per heavy atom. The lowest BCUT2D eigenvalue weighted by molar-refractivity contribution is 0.320. The molecule has 2 rings (SSSR count). The van der Waals surface area contributed by atoms with Crippen molar-refractivity contribution in [1.82, 2.24) is 15.6 Å². The fourth-order valence-corrected chi connectivity index (χ4v) is 1.96. The van der Waals surface area contributed by atoms with Crippen molar-refractivity contribution < 1.29 is 4.74 Å². The summed E-state index contributed by atoms with van der Waals surface area (Å²) in [5.74, 6) is 1.56. The molecule has 0 aliphatic carbocycles. The van der Waals surface area contributed by atoms with Gasteiger partial charge in [-0.2, -0.15) is 0 Å². The van der Waals surface area contributed by atoms with Crippen molar-refractivity contribution in [3.05, 3.63) is 60.4 Å². The minimum absolute atomic E-state index is 0. The number of nitrogens with one attached hydrogen (secondary N) is 2. The Morgan fingerprint density at radius 2 is 1.87 bits per heavy atom. The SMILES string of the molecule is CN=C(NCCOc1cccnc1)NCCc1ccccc1.I. The maximum Gasteiger partial charge on any atom is 0.191 e. The highest BCUT2D eigenvalue weighted by molar-refractivity contribution is 14.0. The van der Waals surface area contributed by atoms with E-state index in [-0.39, 0.29) is 24.0 Å². The van der Waals surface area contributed by atoms with Gasteiger partial charge in [0.25, 0.3) is 0 Å². The zero-order valence-electron chi connectivity index (χ0n) is 13.2. The van der Waals surface area contributed by atoms with Gasteiger partial charge in [0, 0.05) is 19.8 Å². The van der Waals surface area contributed by atoms with E-state index >= 15 is 0 Å². The normalized spacial score (nSPS) is 10.6. The molecule has 0 saturated carbocycles. The predicted molar refractivity (Wildman–Crippen MR) is 105 cm³/mol. The van der Waals surface area contributed by atoms with Gasteiger partial charge < -0.3 is 15.4 Å². The van der Waals surface area contributed by atoms with Crippen LogP contribution in [0.15, 0.2) is 59.9 Å². The molecule has 0 atom stereocenters. The minimum atomic E-state index is 0. The zero-order valence-corrected chi connectivity index (χ0v) is 15.6. The first kappa shape index (κ1) is 19.2. The maximum absolute atomic E-state index is 5.57. The van der Waals surface area contributed by atoms with Gasteiger partial charge in [0.05, 0.1) is 12.7 Å². The molecule has 1 heterocycles. The number of rotatable bonds is 7. The van der Waals surface area contributed by atoms with Crippen LogP contribution < -0.4 is 15.4 Å². The molecule has 0 aliphatic heterocycles. The number of ether oxygens (including phenoxy) is 1. The number of halogens is 1. The van der Waals surface area contributed by atoms with Crippen LogP contribution in [0.5, 0.6) is 5.75 Å². The van der Waals surface area contributed by atoms with Crippen molar-refractivity contribution in [1.29, 1.82) is 0 Å². The van der Waals surface area contributed by atoms with E-state index in [1.165, 1.54) is 5.56 Å². The van der Waals surface area contributed by atoms with Crippen LogP contribution in [-0.2, 0) is 6.42 Å². The quantitative estimate of drug-likeness (QED) is 0.309. The average molecular weight is 426 g/mol. The number of aliphatic imine (C=N–C) groups is 1. The lowest BCUT2D eigenvalue weighted by Gasteiger charge is -2.12. The van der Waals surface area contributed by atoms with Crippen LogP contribution in [0.1, 0.15) is 5.56 Å². The molecule has 0 aliphatic rings. The summed E-state index contributed by atoms with van der Waals surface area (Å²) in [5.41, 5.74) is 1.31. The topological polar surface area (TPSA) is 58.5 Å². The molecule has 124 valence electrons. The number of nitrogens with zero attached hydrogens (tertiary/aromatic N) is 2.